The number of carbonyl (C=O) groups excluding carboxylic acids is 1. The predicted octanol–water partition coefficient (Wildman–Crippen LogP) is 0.910. The maximum Gasteiger partial charge on any atom is 0.512 e. The lowest BCUT2D eigenvalue weighted by molar-refractivity contribution is -0.160. The number of nitrogens with two attached hydrogens (primary N) is 1. The first-order valence-corrected chi connectivity index (χ1v) is 9.95. The third kappa shape index (κ3) is 3.71. The zero-order valence-corrected chi connectivity index (χ0v) is 15.9. The minimum absolute atomic E-state index is 0.133. The molecule has 0 aromatic heterocycles. The Morgan fingerprint density at radius 3 is 2.85 bits per heavy atom. The predicted molar refractivity (Wildman–Crippen MR) is 97.2 cm³/mol. The third-order valence-electron chi connectivity index (χ3n) is 5.40. The third-order valence-corrected chi connectivity index (χ3v) is 6.72. The number of rotatable bonds is 7. The molecule has 9 heteroatoms. The lowest BCUT2D eigenvalue weighted by atomic mass is 9.84. The molecule has 0 aromatic rings. The van der Waals surface area contributed by atoms with Gasteiger partial charge in [-0.15, -0.1) is 11.8 Å². The van der Waals surface area contributed by atoms with Gasteiger partial charge in [0.25, 0.3) is 0 Å². The van der Waals surface area contributed by atoms with E-state index in [-0.39, 0.29) is 17.8 Å². The summed E-state index contributed by atoms with van der Waals surface area (Å²) in [5.74, 6) is -0.163. The molecule has 0 saturated carbocycles. The molecule has 146 valence electrons. The Labute approximate surface area is 157 Å². The maximum absolute atomic E-state index is 12.3. The molecule has 0 aliphatic carbocycles. The van der Waals surface area contributed by atoms with Gasteiger partial charge in [-0.2, -0.15) is 0 Å². The largest absolute Gasteiger partial charge is 0.512 e. The molecule has 5 N–H and O–H groups in total. The van der Waals surface area contributed by atoms with Crippen LogP contribution in [0.1, 0.15) is 33.1 Å². The second kappa shape index (κ2) is 7.75. The molecular weight excluding hydrogens is 358 g/mol. The van der Waals surface area contributed by atoms with Crippen molar-refractivity contribution < 1.29 is 24.5 Å². The quantitative estimate of drug-likeness (QED) is 0.376. The van der Waals surface area contributed by atoms with Crippen LogP contribution in [0.4, 0.5) is 4.79 Å². The number of carboxylic acid groups (broad SMARTS) is 1. The summed E-state index contributed by atoms with van der Waals surface area (Å²) in [7, 11) is 0. The van der Waals surface area contributed by atoms with E-state index in [1.165, 1.54) is 4.90 Å². The molecule has 1 amide bonds. The number of ether oxygens (including phenoxy) is 1. The van der Waals surface area contributed by atoms with Crippen molar-refractivity contribution in [2.45, 2.75) is 56.5 Å². The van der Waals surface area contributed by atoms with E-state index in [9.17, 15) is 14.7 Å². The van der Waals surface area contributed by atoms with E-state index in [4.69, 9.17) is 15.6 Å². The van der Waals surface area contributed by atoms with Crippen LogP contribution in [0.2, 0.25) is 0 Å². The molecule has 1 unspecified atom stereocenters. The number of β-lactam (4-membered cyclic amide) rings is 1. The molecule has 3 aliphatic rings. The van der Waals surface area contributed by atoms with Gasteiger partial charge >= 0.3 is 6.16 Å². The van der Waals surface area contributed by atoms with Crippen molar-refractivity contribution in [2.75, 3.05) is 13.1 Å². The first-order chi connectivity index (χ1) is 12.3. The summed E-state index contributed by atoms with van der Waals surface area (Å²) in [5, 5.41) is 22.6. The van der Waals surface area contributed by atoms with Gasteiger partial charge < -0.3 is 26.0 Å². The highest BCUT2D eigenvalue weighted by Gasteiger charge is 2.57. The minimum atomic E-state index is -1.42. The number of hydrogen-bond acceptors (Lipinski definition) is 7. The summed E-state index contributed by atoms with van der Waals surface area (Å²) in [6, 6.07) is 0.197. The SMILES string of the molecule is CC(CN)C[C@@H]1C[C@H](SC2=C(OC(=O)O)N3C(=O)[C@H]([C@@H](C)O)[C@H]3C2)CN1. The van der Waals surface area contributed by atoms with E-state index in [0.717, 1.165) is 24.3 Å². The Hall–Kier alpha value is -1.29. The van der Waals surface area contributed by atoms with Gasteiger partial charge in [-0.3, -0.25) is 9.69 Å². The number of amides is 1. The number of fused-ring (bicyclic) bond motifs is 1. The van der Waals surface area contributed by atoms with Gasteiger partial charge in [-0.1, -0.05) is 6.92 Å². The smallest absolute Gasteiger partial charge is 0.449 e. The summed E-state index contributed by atoms with van der Waals surface area (Å²) < 4.78 is 4.94. The highest BCUT2D eigenvalue weighted by molar-refractivity contribution is 8.03. The fourth-order valence-corrected chi connectivity index (χ4v) is 5.52. The second-order valence-corrected chi connectivity index (χ2v) is 8.89. The van der Waals surface area contributed by atoms with Crippen LogP contribution in [0.5, 0.6) is 0 Å². The van der Waals surface area contributed by atoms with Gasteiger partial charge in [-0.05, 0) is 32.2 Å². The molecule has 0 spiro atoms. The minimum Gasteiger partial charge on any atom is -0.449 e. The number of aliphatic hydroxyl groups excluding tert-OH is 1. The monoisotopic (exact) mass is 385 g/mol. The van der Waals surface area contributed by atoms with Crippen molar-refractivity contribution in [1.82, 2.24) is 10.2 Å². The van der Waals surface area contributed by atoms with Crippen LogP contribution in [-0.2, 0) is 9.53 Å². The summed E-state index contributed by atoms with van der Waals surface area (Å²) in [5.41, 5.74) is 5.70. The Morgan fingerprint density at radius 2 is 2.23 bits per heavy atom. The topological polar surface area (TPSA) is 125 Å². The molecule has 0 aromatic carbocycles. The second-order valence-electron chi connectivity index (χ2n) is 7.50. The van der Waals surface area contributed by atoms with Crippen LogP contribution in [0.15, 0.2) is 10.8 Å². The molecule has 3 aliphatic heterocycles. The molecule has 0 bridgehead atoms. The average molecular weight is 385 g/mol. The van der Waals surface area contributed by atoms with Crippen molar-refractivity contribution in [2.24, 2.45) is 17.6 Å². The molecule has 2 saturated heterocycles. The fraction of sp³-hybridized carbons (Fsp3) is 0.765. The van der Waals surface area contributed by atoms with E-state index >= 15 is 0 Å². The summed E-state index contributed by atoms with van der Waals surface area (Å²) in [4.78, 5) is 25.5. The van der Waals surface area contributed by atoms with Crippen LogP contribution in [0, 0.1) is 11.8 Å². The Kier molecular flexibility index (Phi) is 5.81. The van der Waals surface area contributed by atoms with Crippen LogP contribution >= 0.6 is 11.8 Å². The van der Waals surface area contributed by atoms with Crippen molar-refractivity contribution >= 4 is 23.8 Å². The standard InChI is InChI=1S/C17H27N3O5S/c1-8(6-18)3-10-4-11(7-19-10)26-13-5-12-14(9(2)21)15(22)20(12)16(13)25-17(23)24/h8-12,14,19,21H,3-7,18H2,1-2H3,(H,23,24)/t8?,9-,10-,11+,12-,14-/m1/s1. The number of carbonyl (C=O) groups is 2. The van der Waals surface area contributed by atoms with E-state index in [1.54, 1.807) is 18.7 Å². The van der Waals surface area contributed by atoms with Crippen molar-refractivity contribution in [3.8, 4) is 0 Å². The van der Waals surface area contributed by atoms with Gasteiger partial charge in [0.05, 0.1) is 18.1 Å². The van der Waals surface area contributed by atoms with Gasteiger partial charge in [0.2, 0.25) is 11.8 Å². The zero-order valence-electron chi connectivity index (χ0n) is 15.1. The molecule has 6 atom stereocenters. The van der Waals surface area contributed by atoms with Crippen LogP contribution in [-0.4, -0.2) is 63.7 Å². The van der Waals surface area contributed by atoms with Crippen LogP contribution in [0.25, 0.3) is 0 Å². The number of nitrogens with one attached hydrogen (secondary N) is 1. The maximum atomic E-state index is 12.3. The molecule has 3 heterocycles. The number of hydrogen-bond donors (Lipinski definition) is 4. The van der Waals surface area contributed by atoms with Crippen LogP contribution in [0.3, 0.4) is 0 Å². The molecule has 26 heavy (non-hydrogen) atoms. The summed E-state index contributed by atoms with van der Waals surface area (Å²) in [6.45, 7) is 5.21. The fourth-order valence-electron chi connectivity index (χ4n) is 4.10. The Balaban J connectivity index is 1.67. The molecule has 3 rings (SSSR count). The van der Waals surface area contributed by atoms with Crippen molar-refractivity contribution in [1.29, 1.82) is 0 Å². The van der Waals surface area contributed by atoms with Crippen molar-refractivity contribution in [3.63, 3.8) is 0 Å². The van der Waals surface area contributed by atoms with E-state index in [0.29, 0.717) is 30.2 Å². The number of aliphatic hydroxyl groups is 1. The first kappa shape index (κ1) is 19.5. The average Bonchev–Trinajstić information content (AvgIpc) is 3.09. The van der Waals surface area contributed by atoms with Gasteiger partial charge in [0, 0.05) is 29.2 Å². The summed E-state index contributed by atoms with van der Waals surface area (Å²) >= 11 is 1.59. The Bertz CT molecular complexity index is 611. The van der Waals surface area contributed by atoms with Gasteiger partial charge in [-0.25, -0.2) is 4.79 Å². The van der Waals surface area contributed by atoms with E-state index < -0.39 is 18.2 Å². The highest BCUT2D eigenvalue weighted by Crippen LogP contribution is 2.48. The van der Waals surface area contributed by atoms with Gasteiger partial charge in [0.1, 0.15) is 0 Å². The van der Waals surface area contributed by atoms with E-state index in [1.807, 2.05) is 0 Å². The lowest BCUT2D eigenvalue weighted by Crippen LogP contribution is -2.61. The molecule has 2 fully saturated rings. The lowest BCUT2D eigenvalue weighted by Gasteiger charge is -2.44. The molecule has 0 radical (unpaired) electrons. The van der Waals surface area contributed by atoms with Gasteiger partial charge in [0.15, 0.2) is 0 Å². The van der Waals surface area contributed by atoms with Crippen molar-refractivity contribution in [3.05, 3.63) is 10.8 Å². The number of thioether (sulfide) groups is 1. The van der Waals surface area contributed by atoms with Crippen LogP contribution < -0.4 is 11.1 Å². The molecular formula is C17H27N3O5S. The van der Waals surface area contributed by atoms with E-state index in [2.05, 4.69) is 12.2 Å². The molecule has 8 nitrogen and oxygen atoms in total. The highest BCUT2D eigenvalue weighted by atomic mass is 32.2. The first-order valence-electron chi connectivity index (χ1n) is 9.07. The number of nitrogens with zero attached hydrogens (tertiary/aromatic N) is 1. The normalized spacial score (nSPS) is 33.1. The Morgan fingerprint density at radius 1 is 1.50 bits per heavy atom. The zero-order chi connectivity index (χ0) is 19.0. The summed E-state index contributed by atoms with van der Waals surface area (Å²) in [6.07, 6.45) is 0.343.